The van der Waals surface area contributed by atoms with E-state index in [2.05, 4.69) is 34.4 Å². The summed E-state index contributed by atoms with van der Waals surface area (Å²) in [7, 11) is 0. The van der Waals surface area contributed by atoms with Crippen molar-refractivity contribution in [2.24, 2.45) is 5.92 Å². The van der Waals surface area contributed by atoms with Gasteiger partial charge in [-0.25, -0.2) is 4.79 Å². The normalized spacial score (nSPS) is 12.8. The number of benzene rings is 1. The summed E-state index contributed by atoms with van der Waals surface area (Å²) in [5.41, 5.74) is 2.37. The van der Waals surface area contributed by atoms with Crippen molar-refractivity contribution in [1.82, 2.24) is 20.6 Å². The molecule has 0 spiro atoms. The fourth-order valence-electron chi connectivity index (χ4n) is 2.06. The highest BCUT2D eigenvalue weighted by Gasteiger charge is 2.09. The van der Waals surface area contributed by atoms with Crippen molar-refractivity contribution in [1.29, 1.82) is 0 Å². The molecule has 1 aromatic carbocycles. The molecule has 114 valence electrons. The van der Waals surface area contributed by atoms with Gasteiger partial charge in [-0.1, -0.05) is 19.9 Å². The van der Waals surface area contributed by atoms with Crippen LogP contribution in [0.25, 0.3) is 11.0 Å². The van der Waals surface area contributed by atoms with Gasteiger partial charge in [0.25, 0.3) is 0 Å². The Kier molecular flexibility index (Phi) is 4.80. The van der Waals surface area contributed by atoms with E-state index in [9.17, 15) is 9.59 Å². The lowest BCUT2D eigenvalue weighted by molar-refractivity contribution is -0.120. The zero-order valence-electron chi connectivity index (χ0n) is 12.6. The fourth-order valence-corrected chi connectivity index (χ4v) is 2.06. The predicted octanol–water partition coefficient (Wildman–Crippen LogP) is 1.28. The monoisotopic (exact) mass is 290 g/mol. The lowest BCUT2D eigenvalue weighted by Crippen LogP contribution is -2.36. The van der Waals surface area contributed by atoms with Gasteiger partial charge in [0.1, 0.15) is 0 Å². The van der Waals surface area contributed by atoms with Crippen molar-refractivity contribution in [3.05, 3.63) is 34.2 Å². The zero-order chi connectivity index (χ0) is 15.4. The Morgan fingerprint density at radius 1 is 1.19 bits per heavy atom. The van der Waals surface area contributed by atoms with Crippen LogP contribution in [0.3, 0.4) is 0 Å². The smallest absolute Gasteiger partial charge is 0.323 e. The van der Waals surface area contributed by atoms with Gasteiger partial charge in [-0.3, -0.25) is 4.79 Å². The molecular formula is C15H22N4O2. The van der Waals surface area contributed by atoms with Gasteiger partial charge in [-0.05, 0) is 30.5 Å². The minimum Gasteiger partial charge on any atom is -0.355 e. The molecule has 0 radical (unpaired) electrons. The first-order valence-electron chi connectivity index (χ1n) is 7.17. The molecule has 0 aliphatic rings. The molecule has 1 unspecified atom stereocenters. The third kappa shape index (κ3) is 4.19. The SMILES string of the molecule is CC(C)CNC(=O)CNC(C)c1ccc2[nH]c(=O)[nH]c2c1. The molecule has 0 bridgehead atoms. The predicted molar refractivity (Wildman–Crippen MR) is 83.2 cm³/mol. The van der Waals surface area contributed by atoms with Gasteiger partial charge < -0.3 is 20.6 Å². The summed E-state index contributed by atoms with van der Waals surface area (Å²) in [6.07, 6.45) is 0. The Balaban J connectivity index is 1.93. The van der Waals surface area contributed by atoms with E-state index in [0.717, 1.165) is 16.6 Å². The molecule has 0 aliphatic heterocycles. The molecule has 1 heterocycles. The number of H-pyrrole nitrogens is 2. The van der Waals surface area contributed by atoms with Crippen molar-refractivity contribution in [3.8, 4) is 0 Å². The lowest BCUT2D eigenvalue weighted by atomic mass is 10.1. The van der Waals surface area contributed by atoms with Crippen molar-refractivity contribution >= 4 is 16.9 Å². The molecule has 2 aromatic rings. The second-order valence-electron chi connectivity index (χ2n) is 5.68. The van der Waals surface area contributed by atoms with E-state index in [1.807, 2.05) is 25.1 Å². The summed E-state index contributed by atoms with van der Waals surface area (Å²) in [5, 5.41) is 6.05. The van der Waals surface area contributed by atoms with Crippen LogP contribution in [0.2, 0.25) is 0 Å². The average molecular weight is 290 g/mol. The van der Waals surface area contributed by atoms with Crippen molar-refractivity contribution in [2.45, 2.75) is 26.8 Å². The first-order valence-corrected chi connectivity index (χ1v) is 7.17. The van der Waals surface area contributed by atoms with Gasteiger partial charge in [0.15, 0.2) is 0 Å². The summed E-state index contributed by atoms with van der Waals surface area (Å²) < 4.78 is 0. The summed E-state index contributed by atoms with van der Waals surface area (Å²) in [6.45, 7) is 7.06. The van der Waals surface area contributed by atoms with Crippen molar-refractivity contribution in [2.75, 3.05) is 13.1 Å². The number of carbonyl (C=O) groups is 1. The number of carbonyl (C=O) groups excluding carboxylic acids is 1. The average Bonchev–Trinajstić information content (AvgIpc) is 2.81. The molecule has 0 saturated carbocycles. The molecule has 0 aliphatic carbocycles. The van der Waals surface area contributed by atoms with Crippen LogP contribution in [0.15, 0.2) is 23.0 Å². The van der Waals surface area contributed by atoms with Gasteiger partial charge in [0.05, 0.1) is 17.6 Å². The van der Waals surface area contributed by atoms with Crippen LogP contribution in [-0.4, -0.2) is 29.0 Å². The number of hydrogen-bond donors (Lipinski definition) is 4. The van der Waals surface area contributed by atoms with Gasteiger partial charge in [-0.2, -0.15) is 0 Å². The summed E-state index contributed by atoms with van der Waals surface area (Å²) in [5.74, 6) is 0.436. The van der Waals surface area contributed by atoms with E-state index < -0.39 is 0 Å². The standard InChI is InChI=1S/C15H22N4O2/c1-9(2)7-17-14(20)8-16-10(3)11-4-5-12-13(6-11)19-15(21)18-12/h4-6,9-10,16H,7-8H2,1-3H3,(H,17,20)(H2,18,19,21). The van der Waals surface area contributed by atoms with Crippen molar-refractivity contribution < 1.29 is 4.79 Å². The largest absolute Gasteiger partial charge is 0.355 e. The van der Waals surface area contributed by atoms with Gasteiger partial charge in [-0.15, -0.1) is 0 Å². The fraction of sp³-hybridized carbons (Fsp3) is 0.467. The highest BCUT2D eigenvalue weighted by atomic mass is 16.2. The first kappa shape index (κ1) is 15.3. The molecule has 6 heteroatoms. The molecular weight excluding hydrogens is 268 g/mol. The van der Waals surface area contributed by atoms with Crippen LogP contribution in [0.5, 0.6) is 0 Å². The number of rotatable bonds is 6. The third-order valence-corrected chi connectivity index (χ3v) is 3.32. The molecule has 1 atom stereocenters. The van der Waals surface area contributed by atoms with E-state index in [4.69, 9.17) is 0 Å². The Morgan fingerprint density at radius 3 is 2.62 bits per heavy atom. The van der Waals surface area contributed by atoms with E-state index in [-0.39, 0.29) is 24.2 Å². The second-order valence-corrected chi connectivity index (χ2v) is 5.68. The van der Waals surface area contributed by atoms with E-state index in [1.165, 1.54) is 0 Å². The van der Waals surface area contributed by atoms with E-state index in [0.29, 0.717) is 12.5 Å². The molecule has 0 fully saturated rings. The number of hydrogen-bond acceptors (Lipinski definition) is 3. The zero-order valence-corrected chi connectivity index (χ0v) is 12.6. The number of aromatic amines is 2. The maximum absolute atomic E-state index is 11.7. The second kappa shape index (κ2) is 6.58. The number of amides is 1. The van der Waals surface area contributed by atoms with Gasteiger partial charge in [0, 0.05) is 12.6 Å². The third-order valence-electron chi connectivity index (χ3n) is 3.32. The van der Waals surface area contributed by atoms with Gasteiger partial charge in [0.2, 0.25) is 5.91 Å². The maximum Gasteiger partial charge on any atom is 0.323 e. The van der Waals surface area contributed by atoms with Crippen LogP contribution in [-0.2, 0) is 4.79 Å². The minimum absolute atomic E-state index is 0.00770. The van der Waals surface area contributed by atoms with Crippen LogP contribution in [0.1, 0.15) is 32.4 Å². The van der Waals surface area contributed by atoms with Crippen LogP contribution in [0, 0.1) is 5.92 Å². The molecule has 0 saturated heterocycles. The minimum atomic E-state index is -0.212. The Hall–Kier alpha value is -2.08. The molecule has 21 heavy (non-hydrogen) atoms. The van der Waals surface area contributed by atoms with Gasteiger partial charge >= 0.3 is 5.69 Å². The molecule has 2 rings (SSSR count). The van der Waals surface area contributed by atoms with Crippen molar-refractivity contribution in [3.63, 3.8) is 0 Å². The molecule has 6 nitrogen and oxygen atoms in total. The summed E-state index contributed by atoms with van der Waals surface area (Å²) in [4.78, 5) is 28.3. The molecule has 1 amide bonds. The van der Waals surface area contributed by atoms with E-state index >= 15 is 0 Å². The number of nitrogens with one attached hydrogen (secondary N) is 4. The highest BCUT2D eigenvalue weighted by Crippen LogP contribution is 2.16. The Labute approximate surface area is 123 Å². The molecule has 4 N–H and O–H groups in total. The summed E-state index contributed by atoms with van der Waals surface area (Å²) in [6, 6.07) is 5.74. The number of fused-ring (bicyclic) bond motifs is 1. The Bertz CT molecular complexity index is 672. The first-order chi connectivity index (χ1) is 9.95. The van der Waals surface area contributed by atoms with Crippen LogP contribution < -0.4 is 16.3 Å². The topological polar surface area (TPSA) is 89.8 Å². The Morgan fingerprint density at radius 2 is 1.90 bits per heavy atom. The summed E-state index contributed by atoms with van der Waals surface area (Å²) >= 11 is 0. The number of imidazole rings is 1. The maximum atomic E-state index is 11.7. The highest BCUT2D eigenvalue weighted by molar-refractivity contribution is 5.78. The van der Waals surface area contributed by atoms with E-state index in [1.54, 1.807) is 0 Å². The molecule has 1 aromatic heterocycles. The lowest BCUT2D eigenvalue weighted by Gasteiger charge is -2.14. The van der Waals surface area contributed by atoms with Crippen LogP contribution >= 0.6 is 0 Å². The van der Waals surface area contributed by atoms with Crippen LogP contribution in [0.4, 0.5) is 0 Å². The number of aromatic nitrogens is 2. The quantitative estimate of drug-likeness (QED) is 0.646.